The second-order valence-corrected chi connectivity index (χ2v) is 14.6. The van der Waals surface area contributed by atoms with E-state index in [0.29, 0.717) is 23.0 Å². The molecule has 5 heterocycles. The minimum Gasteiger partial charge on any atom is -0.477 e. The van der Waals surface area contributed by atoms with Gasteiger partial charge in [0.05, 0.1) is 6.04 Å². The molecule has 2 aromatic rings. The van der Waals surface area contributed by atoms with Crippen molar-refractivity contribution in [2.75, 3.05) is 30.3 Å². The Balaban J connectivity index is 1.21. The fourth-order valence-corrected chi connectivity index (χ4v) is 9.18. The van der Waals surface area contributed by atoms with Gasteiger partial charge in [-0.2, -0.15) is 11.8 Å². The zero-order chi connectivity index (χ0) is 31.4. The molecule has 0 radical (unpaired) electrons. The highest BCUT2D eigenvalue weighted by Crippen LogP contribution is 2.46. The number of nitrogen functional groups attached to an aromatic ring is 1. The molecule has 5 rings (SSSR count). The molecule has 0 aliphatic carbocycles. The fraction of sp³-hybridized carbons (Fsp3) is 0.400. The van der Waals surface area contributed by atoms with Gasteiger partial charge < -0.3 is 32.0 Å². The summed E-state index contributed by atoms with van der Waals surface area (Å²) in [4.78, 5) is 61.1. The van der Waals surface area contributed by atoms with Crippen LogP contribution in [0.4, 0.5) is 5.13 Å². The molecule has 44 heavy (non-hydrogen) atoms. The average Bonchev–Trinajstić information content (AvgIpc) is 3.66. The Morgan fingerprint density at radius 3 is 2.84 bits per heavy atom. The molecule has 0 aromatic carbocycles. The van der Waals surface area contributed by atoms with Crippen molar-refractivity contribution >= 4 is 92.8 Å². The average molecular weight is 699 g/mol. The summed E-state index contributed by atoms with van der Waals surface area (Å²) in [6.07, 6.45) is 5.18. The molecule has 0 saturated carbocycles. The number of thioether (sulfide) groups is 3. The topological polar surface area (TPSA) is 212 Å². The van der Waals surface area contributed by atoms with E-state index in [1.165, 1.54) is 23.5 Å². The summed E-state index contributed by atoms with van der Waals surface area (Å²) in [5.41, 5.74) is 5.71. The summed E-state index contributed by atoms with van der Waals surface area (Å²) in [6, 6.07) is 0.618. The number of fused-ring (bicyclic) bond motifs is 1. The second-order valence-electron chi connectivity index (χ2n) is 9.64. The van der Waals surface area contributed by atoms with Crippen LogP contribution in [0.5, 0.6) is 0 Å². The summed E-state index contributed by atoms with van der Waals surface area (Å²) in [5.74, 6) is -1.22. The number of carbonyl (C=O) groups is 4. The number of carboxylic acids is 1. The van der Waals surface area contributed by atoms with Gasteiger partial charge in [-0.25, -0.2) is 9.78 Å². The summed E-state index contributed by atoms with van der Waals surface area (Å²) in [7, 11) is 0. The SMILES string of the molecule is Nc1nc(/C(=N/O)C(=O)N[C@@H]2C(=O)N3C(C(=O)O)=C(Sc4ccncc4CSCCNC(=O)[C@@H]4CCCN4)CS[C@@H]23)c(Cl)s1. The molecule has 3 amide bonds. The van der Waals surface area contributed by atoms with Gasteiger partial charge in [-0.15, -0.1) is 11.8 Å². The zero-order valence-corrected chi connectivity index (χ0v) is 26.8. The molecule has 0 spiro atoms. The van der Waals surface area contributed by atoms with E-state index in [9.17, 15) is 29.5 Å². The van der Waals surface area contributed by atoms with Crippen LogP contribution in [-0.4, -0.2) is 96.6 Å². The molecule has 2 saturated heterocycles. The van der Waals surface area contributed by atoms with E-state index in [1.807, 2.05) is 0 Å². The Labute approximate surface area is 273 Å². The minimum atomic E-state index is -1.27. The Bertz CT molecular complexity index is 1530. The number of halogens is 1. The van der Waals surface area contributed by atoms with E-state index in [1.54, 1.807) is 30.2 Å². The summed E-state index contributed by atoms with van der Waals surface area (Å²) < 4.78 is 0.0364. The lowest BCUT2D eigenvalue weighted by atomic mass is 10.0. The highest BCUT2D eigenvalue weighted by molar-refractivity contribution is 8.06. The number of hydrogen-bond acceptors (Lipinski definition) is 14. The first kappa shape index (κ1) is 32.4. The maximum atomic E-state index is 13.1. The Hall–Kier alpha value is -3.03. The maximum Gasteiger partial charge on any atom is 0.353 e. The predicted molar refractivity (Wildman–Crippen MR) is 170 cm³/mol. The number of β-lactam (4-membered cyclic amide) rings is 1. The highest BCUT2D eigenvalue weighted by atomic mass is 35.5. The van der Waals surface area contributed by atoms with E-state index in [2.05, 4.69) is 31.1 Å². The van der Waals surface area contributed by atoms with Crippen molar-refractivity contribution in [2.45, 2.75) is 40.9 Å². The van der Waals surface area contributed by atoms with Crippen molar-refractivity contribution in [3.63, 3.8) is 0 Å². The van der Waals surface area contributed by atoms with Crippen molar-refractivity contribution in [3.05, 3.63) is 44.7 Å². The number of aliphatic carboxylic acids is 1. The lowest BCUT2D eigenvalue weighted by molar-refractivity contribution is -0.150. The third-order valence-corrected chi connectivity index (χ3v) is 11.6. The molecule has 7 N–H and O–H groups in total. The fourth-order valence-electron chi connectivity index (χ4n) is 4.76. The first-order valence-electron chi connectivity index (χ1n) is 13.2. The van der Waals surface area contributed by atoms with E-state index in [0.717, 1.165) is 46.1 Å². The first-order chi connectivity index (χ1) is 21.2. The molecule has 2 fully saturated rings. The molecular weight excluding hydrogens is 672 g/mol. The summed E-state index contributed by atoms with van der Waals surface area (Å²) in [6.45, 7) is 1.39. The first-order valence-corrected chi connectivity index (χ1v) is 17.5. The standard InChI is InChI=1S/C25H27ClN8O6S4/c26-19-15(32-25(27)44-19)16(33-40)21(36)31-17-22(37)34-18(24(38)39)14(10-42-23(17)34)43-13-3-5-28-8-11(13)9-41-7-6-30-20(35)12-2-1-4-29-12/h3,5,8,12,17,23,29,40H,1-2,4,6-7,9-10H2,(H2,27,32)(H,30,35)(H,31,36)(H,38,39)/b33-16-/t12-,17+,23-/m0/s1. The van der Waals surface area contributed by atoms with Crippen molar-refractivity contribution in [3.8, 4) is 0 Å². The number of hydrogen-bond donors (Lipinski definition) is 6. The molecule has 19 heteroatoms. The van der Waals surface area contributed by atoms with Gasteiger partial charge in [0, 0.05) is 46.0 Å². The number of thiazole rings is 1. The molecule has 3 aliphatic heterocycles. The molecule has 0 bridgehead atoms. The lowest BCUT2D eigenvalue weighted by Crippen LogP contribution is -2.71. The Kier molecular flexibility index (Phi) is 10.6. The van der Waals surface area contributed by atoms with Crippen molar-refractivity contribution in [1.82, 2.24) is 30.8 Å². The van der Waals surface area contributed by atoms with Crippen LogP contribution in [0.1, 0.15) is 24.1 Å². The lowest BCUT2D eigenvalue weighted by Gasteiger charge is -2.49. The summed E-state index contributed by atoms with van der Waals surface area (Å²) in [5, 5.41) is 30.5. The monoisotopic (exact) mass is 698 g/mol. The number of pyridine rings is 1. The zero-order valence-electron chi connectivity index (χ0n) is 22.8. The van der Waals surface area contributed by atoms with Gasteiger partial charge in [0.15, 0.2) is 10.8 Å². The van der Waals surface area contributed by atoms with Crippen LogP contribution in [0.2, 0.25) is 4.34 Å². The van der Waals surface area contributed by atoms with Gasteiger partial charge in [0.25, 0.3) is 11.8 Å². The molecule has 2 aromatic heterocycles. The maximum absolute atomic E-state index is 13.1. The number of nitrogens with zero attached hydrogens (tertiary/aromatic N) is 4. The van der Waals surface area contributed by atoms with Crippen LogP contribution in [0.3, 0.4) is 0 Å². The predicted octanol–water partition coefficient (Wildman–Crippen LogP) is 1.54. The smallest absolute Gasteiger partial charge is 0.353 e. The number of aromatic nitrogens is 2. The quantitative estimate of drug-likeness (QED) is 0.0611. The van der Waals surface area contributed by atoms with Gasteiger partial charge >= 0.3 is 5.97 Å². The van der Waals surface area contributed by atoms with Crippen LogP contribution in [0, 0.1) is 0 Å². The van der Waals surface area contributed by atoms with E-state index in [4.69, 9.17) is 17.3 Å². The van der Waals surface area contributed by atoms with Crippen LogP contribution >= 0.6 is 58.2 Å². The van der Waals surface area contributed by atoms with Gasteiger partial charge in [-0.3, -0.25) is 24.3 Å². The second kappa shape index (κ2) is 14.4. The van der Waals surface area contributed by atoms with Crippen molar-refractivity contribution in [1.29, 1.82) is 0 Å². The molecular formula is C25H27ClN8O6S4. The number of nitrogens with one attached hydrogen (secondary N) is 3. The molecule has 3 atom stereocenters. The third kappa shape index (κ3) is 6.94. The van der Waals surface area contributed by atoms with E-state index >= 15 is 0 Å². The van der Waals surface area contributed by atoms with Gasteiger partial charge in [-0.05, 0) is 31.0 Å². The van der Waals surface area contributed by atoms with Crippen LogP contribution in [-0.2, 0) is 24.9 Å². The summed E-state index contributed by atoms with van der Waals surface area (Å²) >= 11 is 11.1. The number of amides is 3. The Morgan fingerprint density at radius 1 is 1.34 bits per heavy atom. The number of oxime groups is 1. The van der Waals surface area contributed by atoms with E-state index in [-0.39, 0.29) is 38.6 Å². The normalized spacial score (nSPS) is 21.6. The molecule has 14 nitrogen and oxygen atoms in total. The van der Waals surface area contributed by atoms with Crippen LogP contribution in [0.25, 0.3) is 0 Å². The molecule has 0 unspecified atom stereocenters. The molecule has 3 aliphatic rings. The van der Waals surface area contributed by atoms with Crippen molar-refractivity contribution < 1.29 is 29.5 Å². The Morgan fingerprint density at radius 2 is 2.16 bits per heavy atom. The number of anilines is 1. The van der Waals surface area contributed by atoms with Gasteiger partial charge in [0.1, 0.15) is 27.1 Å². The molecule has 234 valence electrons. The largest absolute Gasteiger partial charge is 0.477 e. The van der Waals surface area contributed by atoms with Crippen molar-refractivity contribution in [2.24, 2.45) is 5.16 Å². The number of carbonyl (C=O) groups excluding carboxylic acids is 3. The highest BCUT2D eigenvalue weighted by Gasteiger charge is 2.54. The number of rotatable bonds is 12. The van der Waals surface area contributed by atoms with E-state index < -0.39 is 34.9 Å². The van der Waals surface area contributed by atoms with Crippen LogP contribution in [0.15, 0.2) is 39.1 Å². The van der Waals surface area contributed by atoms with Gasteiger partial charge in [-0.1, -0.05) is 39.9 Å². The number of carboxylic acid groups (broad SMARTS) is 1. The minimum absolute atomic E-state index is 0.0142. The van der Waals surface area contributed by atoms with Crippen LogP contribution < -0.4 is 21.7 Å². The third-order valence-electron chi connectivity index (χ3n) is 6.84. The van der Waals surface area contributed by atoms with Gasteiger partial charge in [0.2, 0.25) is 5.91 Å². The number of nitrogens with two attached hydrogens (primary N) is 1.